The first-order valence-corrected chi connectivity index (χ1v) is 7.25. The van der Waals surface area contributed by atoms with Gasteiger partial charge in [-0.3, -0.25) is 0 Å². The molecular weight excluding hydrogens is 240 g/mol. The predicted molar refractivity (Wildman–Crippen MR) is 78.9 cm³/mol. The second-order valence-electron chi connectivity index (χ2n) is 4.69. The fourth-order valence-corrected chi connectivity index (χ4v) is 2.89. The van der Waals surface area contributed by atoms with Crippen LogP contribution in [0, 0.1) is 6.92 Å². The average molecular weight is 260 g/mol. The van der Waals surface area contributed by atoms with Crippen molar-refractivity contribution in [2.45, 2.75) is 39.7 Å². The summed E-state index contributed by atoms with van der Waals surface area (Å²) in [5.74, 6) is 0. The summed E-state index contributed by atoms with van der Waals surface area (Å²) in [7, 11) is 0. The largest absolute Gasteiger partial charge is 0.322 e. The van der Waals surface area contributed by atoms with Gasteiger partial charge in [0.25, 0.3) is 0 Å². The Bertz CT molecular complexity index is 512. The van der Waals surface area contributed by atoms with Crippen LogP contribution in [0.2, 0.25) is 0 Å². The van der Waals surface area contributed by atoms with Crippen molar-refractivity contribution in [3.8, 4) is 11.3 Å². The van der Waals surface area contributed by atoms with Gasteiger partial charge in [0.05, 0.1) is 11.7 Å². The molecule has 0 radical (unpaired) electrons. The molecule has 2 rings (SSSR count). The van der Waals surface area contributed by atoms with Gasteiger partial charge >= 0.3 is 0 Å². The number of nitrogens with two attached hydrogens (primary N) is 1. The minimum Gasteiger partial charge on any atom is -0.322 e. The first-order chi connectivity index (χ1) is 8.61. The Hall–Kier alpha value is -1.19. The number of aryl methyl sites for hydroxylation is 2. The van der Waals surface area contributed by atoms with E-state index in [-0.39, 0.29) is 6.04 Å². The molecule has 0 fully saturated rings. The second kappa shape index (κ2) is 5.63. The Morgan fingerprint density at radius 1 is 1.28 bits per heavy atom. The van der Waals surface area contributed by atoms with E-state index >= 15 is 0 Å². The molecule has 1 aromatic carbocycles. The molecule has 0 aliphatic carbocycles. The minimum absolute atomic E-state index is 0.0156. The first-order valence-electron chi connectivity index (χ1n) is 6.44. The van der Waals surface area contributed by atoms with Crippen LogP contribution in [-0.2, 0) is 6.42 Å². The van der Waals surface area contributed by atoms with E-state index in [0.29, 0.717) is 0 Å². The van der Waals surface area contributed by atoms with Crippen molar-refractivity contribution in [1.82, 2.24) is 4.98 Å². The summed E-state index contributed by atoms with van der Waals surface area (Å²) in [6.45, 7) is 6.29. The number of hydrogen-bond acceptors (Lipinski definition) is 3. The van der Waals surface area contributed by atoms with Crippen molar-refractivity contribution < 1.29 is 0 Å². The van der Waals surface area contributed by atoms with Gasteiger partial charge in [-0.05, 0) is 25.8 Å². The molecule has 1 atom stereocenters. The highest BCUT2D eigenvalue weighted by Crippen LogP contribution is 2.29. The van der Waals surface area contributed by atoms with E-state index in [1.807, 2.05) is 6.92 Å². The average Bonchev–Trinajstić information content (AvgIpc) is 2.73. The molecule has 2 aromatic rings. The molecule has 96 valence electrons. The van der Waals surface area contributed by atoms with Crippen LogP contribution in [0.5, 0.6) is 0 Å². The summed E-state index contributed by atoms with van der Waals surface area (Å²) < 4.78 is 0. The number of benzene rings is 1. The summed E-state index contributed by atoms with van der Waals surface area (Å²) in [6.07, 6.45) is 2.32. The standard InChI is InChI=1S/C15H20N2S/c1-4-5-12-6-8-13(9-7-12)14-11(3)18-15(17-14)10(2)16/h6-10H,4-5,16H2,1-3H3. The van der Waals surface area contributed by atoms with E-state index in [4.69, 9.17) is 5.73 Å². The topological polar surface area (TPSA) is 38.9 Å². The van der Waals surface area contributed by atoms with Crippen LogP contribution in [0.15, 0.2) is 24.3 Å². The molecule has 0 saturated carbocycles. The molecule has 0 aliphatic rings. The summed E-state index contributed by atoms with van der Waals surface area (Å²) >= 11 is 1.70. The summed E-state index contributed by atoms with van der Waals surface area (Å²) in [5, 5.41) is 1.01. The summed E-state index contributed by atoms with van der Waals surface area (Å²) in [5.41, 5.74) is 9.55. The molecule has 3 heteroatoms. The Morgan fingerprint density at radius 2 is 1.94 bits per heavy atom. The van der Waals surface area contributed by atoms with E-state index in [2.05, 4.69) is 43.1 Å². The molecule has 0 saturated heterocycles. The number of aromatic nitrogens is 1. The molecule has 1 aromatic heterocycles. The zero-order chi connectivity index (χ0) is 13.1. The summed E-state index contributed by atoms with van der Waals surface area (Å²) in [4.78, 5) is 5.89. The minimum atomic E-state index is 0.0156. The normalized spacial score (nSPS) is 12.7. The molecule has 1 heterocycles. The van der Waals surface area contributed by atoms with Gasteiger partial charge in [0, 0.05) is 10.4 Å². The molecule has 0 spiro atoms. The van der Waals surface area contributed by atoms with Crippen molar-refractivity contribution in [2.75, 3.05) is 0 Å². The fourth-order valence-electron chi connectivity index (χ4n) is 2.00. The lowest BCUT2D eigenvalue weighted by Gasteiger charge is -2.02. The van der Waals surface area contributed by atoms with Crippen LogP contribution in [-0.4, -0.2) is 4.98 Å². The number of rotatable bonds is 4. The van der Waals surface area contributed by atoms with Gasteiger partial charge in [-0.1, -0.05) is 37.6 Å². The lowest BCUT2D eigenvalue weighted by molar-refractivity contribution is 0.808. The lowest BCUT2D eigenvalue weighted by atomic mass is 10.1. The van der Waals surface area contributed by atoms with Crippen LogP contribution in [0.4, 0.5) is 0 Å². The molecule has 0 amide bonds. The zero-order valence-electron chi connectivity index (χ0n) is 11.2. The molecule has 2 N–H and O–H groups in total. The Kier molecular flexibility index (Phi) is 4.15. The van der Waals surface area contributed by atoms with Gasteiger partial charge in [-0.15, -0.1) is 11.3 Å². The van der Waals surface area contributed by atoms with Crippen molar-refractivity contribution >= 4 is 11.3 Å². The van der Waals surface area contributed by atoms with Gasteiger partial charge in [0.1, 0.15) is 5.01 Å². The zero-order valence-corrected chi connectivity index (χ0v) is 12.1. The van der Waals surface area contributed by atoms with Crippen LogP contribution < -0.4 is 5.73 Å². The van der Waals surface area contributed by atoms with Crippen molar-refractivity contribution in [1.29, 1.82) is 0 Å². The van der Waals surface area contributed by atoms with Crippen LogP contribution in [0.25, 0.3) is 11.3 Å². The number of thiazole rings is 1. The molecule has 1 unspecified atom stereocenters. The highest BCUT2D eigenvalue weighted by Gasteiger charge is 2.12. The third-order valence-corrected chi connectivity index (χ3v) is 4.14. The predicted octanol–water partition coefficient (Wildman–Crippen LogP) is 4.09. The highest BCUT2D eigenvalue weighted by atomic mass is 32.1. The third-order valence-electron chi connectivity index (χ3n) is 2.97. The SMILES string of the molecule is CCCc1ccc(-c2nc(C(C)N)sc2C)cc1. The molecule has 18 heavy (non-hydrogen) atoms. The van der Waals surface area contributed by atoms with Gasteiger partial charge in [-0.25, -0.2) is 4.98 Å². The van der Waals surface area contributed by atoms with E-state index in [9.17, 15) is 0 Å². The summed E-state index contributed by atoms with van der Waals surface area (Å²) in [6, 6.07) is 8.74. The fraction of sp³-hybridized carbons (Fsp3) is 0.400. The van der Waals surface area contributed by atoms with Gasteiger partial charge < -0.3 is 5.73 Å². The molecule has 0 bridgehead atoms. The number of hydrogen-bond donors (Lipinski definition) is 1. The highest BCUT2D eigenvalue weighted by molar-refractivity contribution is 7.12. The van der Waals surface area contributed by atoms with Crippen LogP contribution in [0.3, 0.4) is 0 Å². The van der Waals surface area contributed by atoms with Gasteiger partial charge in [0.2, 0.25) is 0 Å². The smallest absolute Gasteiger partial charge is 0.110 e. The second-order valence-corrected chi connectivity index (χ2v) is 5.93. The van der Waals surface area contributed by atoms with Crippen LogP contribution in [0.1, 0.15) is 41.8 Å². The van der Waals surface area contributed by atoms with Crippen molar-refractivity contribution in [2.24, 2.45) is 5.73 Å². The van der Waals surface area contributed by atoms with Crippen molar-refractivity contribution in [3.63, 3.8) is 0 Å². The van der Waals surface area contributed by atoms with Gasteiger partial charge in [0.15, 0.2) is 0 Å². The van der Waals surface area contributed by atoms with E-state index in [0.717, 1.165) is 17.1 Å². The van der Waals surface area contributed by atoms with Crippen molar-refractivity contribution in [3.05, 3.63) is 39.7 Å². The Morgan fingerprint density at radius 3 is 2.44 bits per heavy atom. The maximum Gasteiger partial charge on any atom is 0.110 e. The third kappa shape index (κ3) is 2.79. The van der Waals surface area contributed by atoms with E-state index in [1.165, 1.54) is 22.4 Å². The number of nitrogens with zero attached hydrogens (tertiary/aromatic N) is 1. The molecule has 2 nitrogen and oxygen atoms in total. The first kappa shape index (κ1) is 13.2. The Labute approximate surface area is 113 Å². The van der Waals surface area contributed by atoms with E-state index < -0.39 is 0 Å². The lowest BCUT2D eigenvalue weighted by Crippen LogP contribution is -2.03. The molecule has 0 aliphatic heterocycles. The van der Waals surface area contributed by atoms with Gasteiger partial charge in [-0.2, -0.15) is 0 Å². The maximum absolute atomic E-state index is 5.89. The molecular formula is C15H20N2S. The quantitative estimate of drug-likeness (QED) is 0.899. The van der Waals surface area contributed by atoms with Crippen LogP contribution >= 0.6 is 11.3 Å². The monoisotopic (exact) mass is 260 g/mol. The Balaban J connectivity index is 2.30. The maximum atomic E-state index is 5.89. The van der Waals surface area contributed by atoms with E-state index in [1.54, 1.807) is 11.3 Å².